The molecule has 6 nitrogen and oxygen atoms in total. The highest BCUT2D eigenvalue weighted by Gasteiger charge is 2.17. The summed E-state index contributed by atoms with van der Waals surface area (Å²) in [5.74, 6) is -0.429. The molecule has 26 heavy (non-hydrogen) atoms. The molecule has 0 saturated heterocycles. The molecule has 0 unspecified atom stereocenters. The molecule has 0 spiro atoms. The highest BCUT2D eigenvalue weighted by molar-refractivity contribution is 6.36. The molecule has 0 aliphatic carbocycles. The van der Waals surface area contributed by atoms with Crippen LogP contribution >= 0.6 is 23.2 Å². The lowest BCUT2D eigenvalue weighted by Crippen LogP contribution is -2.18. The van der Waals surface area contributed by atoms with Gasteiger partial charge in [-0.2, -0.15) is 0 Å². The highest BCUT2D eigenvalue weighted by Crippen LogP contribution is 2.32. The van der Waals surface area contributed by atoms with Crippen LogP contribution in [0.4, 0.5) is 11.4 Å². The van der Waals surface area contributed by atoms with Gasteiger partial charge in [-0.25, -0.2) is 0 Å². The first-order chi connectivity index (χ1) is 12.3. The molecule has 0 aromatic heterocycles. The van der Waals surface area contributed by atoms with E-state index in [4.69, 9.17) is 32.7 Å². The van der Waals surface area contributed by atoms with Crippen molar-refractivity contribution >= 4 is 46.4 Å². The van der Waals surface area contributed by atoms with Crippen molar-refractivity contribution in [1.82, 2.24) is 0 Å². The Labute approximate surface area is 161 Å². The minimum Gasteiger partial charge on any atom is -0.494 e. The van der Waals surface area contributed by atoms with Gasteiger partial charge in [0.25, 0.3) is 5.91 Å². The second-order valence-electron chi connectivity index (χ2n) is 5.43. The van der Waals surface area contributed by atoms with E-state index >= 15 is 0 Å². The molecule has 0 radical (unpaired) electrons. The molecule has 138 valence electrons. The van der Waals surface area contributed by atoms with Crippen LogP contribution in [0.1, 0.15) is 15.9 Å². The number of carbonyl (C=O) groups excluding carboxylic acids is 2. The number of benzene rings is 2. The number of amides is 2. The number of rotatable bonds is 6. The quantitative estimate of drug-likeness (QED) is 0.768. The number of hydrogen-bond acceptors (Lipinski definition) is 4. The van der Waals surface area contributed by atoms with Crippen LogP contribution in [0.3, 0.4) is 0 Å². The Morgan fingerprint density at radius 1 is 1.08 bits per heavy atom. The van der Waals surface area contributed by atoms with E-state index in [0.29, 0.717) is 16.4 Å². The number of carbonyl (C=O) groups is 2. The van der Waals surface area contributed by atoms with Gasteiger partial charge in [-0.3, -0.25) is 9.59 Å². The van der Waals surface area contributed by atoms with Crippen molar-refractivity contribution in [2.75, 3.05) is 31.5 Å². The molecule has 0 heterocycles. The van der Waals surface area contributed by atoms with Crippen LogP contribution in [0.5, 0.6) is 5.75 Å². The average molecular weight is 397 g/mol. The molecule has 0 bridgehead atoms. The van der Waals surface area contributed by atoms with Crippen LogP contribution in [0.25, 0.3) is 0 Å². The smallest absolute Gasteiger partial charge is 0.259 e. The van der Waals surface area contributed by atoms with Crippen LogP contribution in [-0.2, 0) is 9.53 Å². The third-order valence-corrected chi connectivity index (χ3v) is 3.99. The second kappa shape index (κ2) is 8.89. The van der Waals surface area contributed by atoms with Gasteiger partial charge in [0.2, 0.25) is 5.91 Å². The first-order valence-electron chi connectivity index (χ1n) is 7.59. The minimum atomic E-state index is -0.415. The van der Waals surface area contributed by atoms with E-state index in [9.17, 15) is 9.59 Å². The molecular weight excluding hydrogens is 379 g/mol. The van der Waals surface area contributed by atoms with Crippen molar-refractivity contribution in [3.05, 3.63) is 51.5 Å². The number of methoxy groups -OCH3 is 2. The van der Waals surface area contributed by atoms with E-state index in [0.717, 1.165) is 5.56 Å². The van der Waals surface area contributed by atoms with Gasteiger partial charge in [-0.05, 0) is 42.8 Å². The fourth-order valence-corrected chi connectivity index (χ4v) is 2.90. The number of halogens is 2. The molecule has 0 atom stereocenters. The Kier molecular flexibility index (Phi) is 6.85. The molecular formula is C18H18Cl2N2O4. The lowest BCUT2D eigenvalue weighted by Gasteiger charge is -2.13. The van der Waals surface area contributed by atoms with Gasteiger partial charge in [0.1, 0.15) is 12.4 Å². The molecule has 0 fully saturated rings. The SMILES string of the molecule is COCC(=O)Nc1ccc(NC(=O)c2cc(Cl)cc(Cl)c2OC)cc1C. The van der Waals surface area contributed by atoms with Crippen LogP contribution in [0, 0.1) is 6.92 Å². The monoisotopic (exact) mass is 396 g/mol. The molecule has 0 saturated carbocycles. The molecule has 2 aromatic carbocycles. The highest BCUT2D eigenvalue weighted by atomic mass is 35.5. The van der Waals surface area contributed by atoms with Crippen LogP contribution in [0.15, 0.2) is 30.3 Å². The Hall–Kier alpha value is -2.28. The maximum atomic E-state index is 12.6. The van der Waals surface area contributed by atoms with E-state index in [1.54, 1.807) is 18.2 Å². The van der Waals surface area contributed by atoms with Gasteiger partial charge in [0.15, 0.2) is 0 Å². The lowest BCUT2D eigenvalue weighted by molar-refractivity contribution is -0.119. The summed E-state index contributed by atoms with van der Waals surface area (Å²) in [6, 6.07) is 8.08. The van der Waals surface area contributed by atoms with Crippen molar-refractivity contribution < 1.29 is 19.1 Å². The Morgan fingerprint density at radius 3 is 2.42 bits per heavy atom. The van der Waals surface area contributed by atoms with Gasteiger partial charge in [-0.15, -0.1) is 0 Å². The largest absolute Gasteiger partial charge is 0.494 e. The minimum absolute atomic E-state index is 0.0345. The number of ether oxygens (including phenoxy) is 2. The molecule has 0 aliphatic rings. The second-order valence-corrected chi connectivity index (χ2v) is 6.28. The van der Waals surface area contributed by atoms with Crippen molar-refractivity contribution in [3.63, 3.8) is 0 Å². The zero-order valence-electron chi connectivity index (χ0n) is 14.5. The standard InChI is InChI=1S/C18H18Cl2N2O4/c1-10-6-12(4-5-15(10)22-16(23)9-25-2)21-18(24)13-7-11(19)8-14(20)17(13)26-3/h4-8H,9H2,1-3H3,(H,21,24)(H,22,23). The zero-order valence-corrected chi connectivity index (χ0v) is 16.0. The maximum Gasteiger partial charge on any atom is 0.259 e. The predicted molar refractivity (Wildman–Crippen MR) is 103 cm³/mol. The van der Waals surface area contributed by atoms with Crippen molar-refractivity contribution in [1.29, 1.82) is 0 Å². The molecule has 0 aliphatic heterocycles. The Bertz CT molecular complexity index is 840. The summed E-state index contributed by atoms with van der Waals surface area (Å²) < 4.78 is 9.97. The number of nitrogens with one attached hydrogen (secondary N) is 2. The normalized spacial score (nSPS) is 10.3. The third-order valence-electron chi connectivity index (χ3n) is 3.49. The van der Waals surface area contributed by atoms with Gasteiger partial charge in [0, 0.05) is 23.5 Å². The fourth-order valence-electron chi connectivity index (χ4n) is 2.33. The maximum absolute atomic E-state index is 12.6. The molecule has 8 heteroatoms. The molecule has 2 aromatic rings. The van der Waals surface area contributed by atoms with E-state index in [1.807, 2.05) is 6.92 Å². The third kappa shape index (κ3) is 4.88. The van der Waals surface area contributed by atoms with Crippen molar-refractivity contribution in [2.45, 2.75) is 6.92 Å². The van der Waals surface area contributed by atoms with Crippen molar-refractivity contribution in [3.8, 4) is 5.75 Å². The summed E-state index contributed by atoms with van der Waals surface area (Å²) in [5.41, 5.74) is 2.19. The zero-order chi connectivity index (χ0) is 19.3. The molecule has 2 N–H and O–H groups in total. The van der Waals surface area contributed by atoms with Gasteiger partial charge >= 0.3 is 0 Å². The van der Waals surface area contributed by atoms with E-state index in [2.05, 4.69) is 10.6 Å². The molecule has 2 amide bonds. The first kappa shape index (κ1) is 20.0. The Balaban J connectivity index is 2.20. The number of hydrogen-bond donors (Lipinski definition) is 2. The first-order valence-corrected chi connectivity index (χ1v) is 8.35. The summed E-state index contributed by atoms with van der Waals surface area (Å²) in [6.07, 6.45) is 0. The average Bonchev–Trinajstić information content (AvgIpc) is 2.57. The Morgan fingerprint density at radius 2 is 1.81 bits per heavy atom. The number of anilines is 2. The predicted octanol–water partition coefficient (Wildman–Crippen LogP) is 4.15. The topological polar surface area (TPSA) is 76.7 Å². The summed E-state index contributed by atoms with van der Waals surface area (Å²) in [6.45, 7) is 1.78. The fraction of sp³-hybridized carbons (Fsp3) is 0.222. The van der Waals surface area contributed by atoms with Gasteiger partial charge < -0.3 is 20.1 Å². The summed E-state index contributed by atoms with van der Waals surface area (Å²) in [4.78, 5) is 24.2. The van der Waals surface area contributed by atoms with E-state index in [-0.39, 0.29) is 28.8 Å². The summed E-state index contributed by atoms with van der Waals surface area (Å²) in [7, 11) is 2.87. The van der Waals surface area contributed by atoms with Gasteiger partial charge in [0.05, 0.1) is 17.7 Å². The van der Waals surface area contributed by atoms with E-state index in [1.165, 1.54) is 26.4 Å². The summed E-state index contributed by atoms with van der Waals surface area (Å²) in [5, 5.41) is 6.06. The van der Waals surface area contributed by atoms with E-state index < -0.39 is 5.91 Å². The molecule has 2 rings (SSSR count). The van der Waals surface area contributed by atoms with Gasteiger partial charge in [-0.1, -0.05) is 23.2 Å². The van der Waals surface area contributed by atoms with Crippen molar-refractivity contribution in [2.24, 2.45) is 0 Å². The summed E-state index contributed by atoms with van der Waals surface area (Å²) >= 11 is 12.0. The number of aryl methyl sites for hydroxylation is 1. The van der Waals surface area contributed by atoms with Crippen LogP contribution in [-0.4, -0.2) is 32.6 Å². The van der Waals surface area contributed by atoms with Crippen LogP contribution in [0.2, 0.25) is 10.0 Å². The lowest BCUT2D eigenvalue weighted by atomic mass is 10.1. The van der Waals surface area contributed by atoms with Crippen LogP contribution < -0.4 is 15.4 Å².